The Morgan fingerprint density at radius 1 is 1.30 bits per heavy atom. The summed E-state index contributed by atoms with van der Waals surface area (Å²) in [6.07, 6.45) is 2.91. The number of carbonyl (C=O) groups is 1. The summed E-state index contributed by atoms with van der Waals surface area (Å²) < 4.78 is 31.1. The lowest BCUT2D eigenvalue weighted by molar-refractivity contribution is -0.139. The first-order valence-corrected chi connectivity index (χ1v) is 9.01. The fraction of sp³-hybridized carbons (Fsp3) is 0.462. The molecule has 0 spiro atoms. The molecule has 1 N–H and O–H groups in total. The van der Waals surface area contributed by atoms with E-state index in [9.17, 15) is 13.2 Å². The van der Waals surface area contributed by atoms with Gasteiger partial charge in [-0.3, -0.25) is 4.79 Å². The third kappa shape index (κ3) is 5.52. The molecule has 0 heterocycles. The van der Waals surface area contributed by atoms with Gasteiger partial charge in [0, 0.05) is 6.54 Å². The summed E-state index contributed by atoms with van der Waals surface area (Å²) in [4.78, 5) is 11.3. The second kappa shape index (κ2) is 8.28. The number of hydrogen-bond donors (Lipinski definition) is 1. The highest BCUT2D eigenvalue weighted by atomic mass is 32.2. The van der Waals surface area contributed by atoms with Crippen LogP contribution in [-0.2, 0) is 26.0 Å². The van der Waals surface area contributed by atoms with Crippen molar-refractivity contribution in [3.63, 3.8) is 0 Å². The Hall–Kier alpha value is -1.05. The molecule has 20 heavy (non-hydrogen) atoms. The van der Waals surface area contributed by atoms with E-state index < -0.39 is 10.0 Å². The first-order valence-electron chi connectivity index (χ1n) is 6.14. The lowest BCUT2D eigenvalue weighted by atomic mass is 10.2. The highest BCUT2D eigenvalue weighted by Gasteiger charge is 2.13. The van der Waals surface area contributed by atoms with Gasteiger partial charge in [-0.25, -0.2) is 13.1 Å². The molecule has 0 saturated carbocycles. The van der Waals surface area contributed by atoms with E-state index in [1.54, 1.807) is 23.9 Å². The standard InChI is InChI=1S/C13H19NO4S2/c1-18-13(15)10-11-4-6-12(7-5-11)20(16,17)14-8-3-9-19-2/h4-7,14H,3,8-10H2,1-2H3. The summed E-state index contributed by atoms with van der Waals surface area (Å²) in [6, 6.07) is 6.23. The third-order valence-corrected chi connectivity index (χ3v) is 4.80. The van der Waals surface area contributed by atoms with Crippen LogP contribution < -0.4 is 4.72 Å². The molecule has 112 valence electrons. The number of hydrogen-bond acceptors (Lipinski definition) is 5. The minimum absolute atomic E-state index is 0.137. The van der Waals surface area contributed by atoms with Crippen molar-refractivity contribution in [2.24, 2.45) is 0 Å². The highest BCUT2D eigenvalue weighted by Crippen LogP contribution is 2.11. The molecular formula is C13H19NO4S2. The summed E-state index contributed by atoms with van der Waals surface area (Å²) in [7, 11) is -2.15. The van der Waals surface area contributed by atoms with Crippen molar-refractivity contribution in [1.82, 2.24) is 4.72 Å². The second-order valence-corrected chi connectivity index (χ2v) is 6.89. The zero-order valence-electron chi connectivity index (χ0n) is 11.6. The SMILES string of the molecule is COC(=O)Cc1ccc(S(=O)(=O)NCCCSC)cc1. The normalized spacial score (nSPS) is 11.3. The van der Waals surface area contributed by atoms with E-state index >= 15 is 0 Å². The lowest BCUT2D eigenvalue weighted by Gasteiger charge is -2.07. The van der Waals surface area contributed by atoms with Crippen LogP contribution in [0.1, 0.15) is 12.0 Å². The first kappa shape index (κ1) is 17.0. The Balaban J connectivity index is 2.64. The summed E-state index contributed by atoms with van der Waals surface area (Å²) in [6.45, 7) is 0.424. The molecule has 0 fully saturated rings. The van der Waals surface area contributed by atoms with E-state index in [2.05, 4.69) is 9.46 Å². The average molecular weight is 317 g/mol. The number of benzene rings is 1. The van der Waals surface area contributed by atoms with Crippen LogP contribution in [0.4, 0.5) is 0 Å². The Bertz CT molecular complexity index is 526. The minimum atomic E-state index is -3.47. The van der Waals surface area contributed by atoms with Crippen molar-refractivity contribution >= 4 is 27.8 Å². The van der Waals surface area contributed by atoms with Gasteiger partial charge in [-0.15, -0.1) is 0 Å². The highest BCUT2D eigenvalue weighted by molar-refractivity contribution is 7.98. The van der Waals surface area contributed by atoms with Gasteiger partial charge in [0.2, 0.25) is 10.0 Å². The van der Waals surface area contributed by atoms with Crippen molar-refractivity contribution < 1.29 is 17.9 Å². The predicted octanol–water partition coefficient (Wildman–Crippen LogP) is 1.43. The molecule has 0 aliphatic heterocycles. The molecule has 1 aromatic rings. The number of nitrogens with one attached hydrogen (secondary N) is 1. The van der Waals surface area contributed by atoms with Crippen molar-refractivity contribution in [3.05, 3.63) is 29.8 Å². The maximum atomic E-state index is 12.0. The molecule has 0 saturated heterocycles. The molecule has 5 nitrogen and oxygen atoms in total. The van der Waals surface area contributed by atoms with Gasteiger partial charge in [-0.05, 0) is 36.1 Å². The molecule has 0 unspecified atom stereocenters. The van der Waals surface area contributed by atoms with Crippen LogP contribution in [0.15, 0.2) is 29.2 Å². The van der Waals surface area contributed by atoms with Crippen LogP contribution in [-0.4, -0.2) is 40.1 Å². The summed E-state index contributed by atoms with van der Waals surface area (Å²) in [5.41, 5.74) is 0.721. The largest absolute Gasteiger partial charge is 0.469 e. The summed E-state index contributed by atoms with van der Waals surface area (Å²) >= 11 is 1.68. The molecule has 0 bridgehead atoms. The number of esters is 1. The van der Waals surface area contributed by atoms with Crippen molar-refractivity contribution in [2.75, 3.05) is 25.7 Å². The molecule has 0 atom stereocenters. The zero-order chi connectivity index (χ0) is 15.0. The van der Waals surface area contributed by atoms with Gasteiger partial charge in [-0.1, -0.05) is 12.1 Å². The molecule has 0 radical (unpaired) electrons. The second-order valence-electron chi connectivity index (χ2n) is 4.14. The maximum absolute atomic E-state index is 12.0. The van der Waals surface area contributed by atoms with Crippen LogP contribution in [0.2, 0.25) is 0 Å². The van der Waals surface area contributed by atoms with Gasteiger partial charge in [0.05, 0.1) is 18.4 Å². The zero-order valence-corrected chi connectivity index (χ0v) is 13.2. The van der Waals surface area contributed by atoms with Crippen molar-refractivity contribution in [2.45, 2.75) is 17.7 Å². The predicted molar refractivity (Wildman–Crippen MR) is 80.3 cm³/mol. The van der Waals surface area contributed by atoms with E-state index in [4.69, 9.17) is 0 Å². The van der Waals surface area contributed by atoms with E-state index in [0.29, 0.717) is 6.54 Å². The Morgan fingerprint density at radius 3 is 2.50 bits per heavy atom. The molecule has 0 aliphatic carbocycles. The minimum Gasteiger partial charge on any atom is -0.469 e. The molecular weight excluding hydrogens is 298 g/mol. The number of methoxy groups -OCH3 is 1. The molecule has 0 aliphatic rings. The first-order chi connectivity index (χ1) is 9.49. The van der Waals surface area contributed by atoms with E-state index in [0.717, 1.165) is 17.7 Å². The van der Waals surface area contributed by atoms with Crippen molar-refractivity contribution in [3.8, 4) is 0 Å². The topological polar surface area (TPSA) is 72.5 Å². The lowest BCUT2D eigenvalue weighted by Crippen LogP contribution is -2.25. The number of ether oxygens (including phenoxy) is 1. The Kier molecular flexibility index (Phi) is 7.04. The molecule has 1 rings (SSSR count). The summed E-state index contributed by atoms with van der Waals surface area (Å²) in [5.74, 6) is 0.566. The van der Waals surface area contributed by atoms with Gasteiger partial charge in [0.15, 0.2) is 0 Å². The Labute approximate surface area is 124 Å². The number of rotatable bonds is 8. The van der Waals surface area contributed by atoms with Crippen molar-refractivity contribution in [1.29, 1.82) is 0 Å². The quantitative estimate of drug-likeness (QED) is 0.580. The number of sulfonamides is 1. The maximum Gasteiger partial charge on any atom is 0.309 e. The molecule has 1 aromatic carbocycles. The van der Waals surface area contributed by atoms with Gasteiger partial charge in [-0.2, -0.15) is 11.8 Å². The van der Waals surface area contributed by atoms with Gasteiger partial charge < -0.3 is 4.74 Å². The summed E-state index contributed by atoms with van der Waals surface area (Å²) in [5, 5.41) is 0. The van der Waals surface area contributed by atoms with Crippen LogP contribution in [0, 0.1) is 0 Å². The van der Waals surface area contributed by atoms with Crippen LogP contribution in [0.5, 0.6) is 0 Å². The van der Waals surface area contributed by atoms with Crippen LogP contribution >= 0.6 is 11.8 Å². The smallest absolute Gasteiger partial charge is 0.309 e. The average Bonchev–Trinajstić information content (AvgIpc) is 2.44. The molecule has 0 amide bonds. The van der Waals surface area contributed by atoms with Gasteiger partial charge in [0.1, 0.15) is 0 Å². The fourth-order valence-electron chi connectivity index (χ4n) is 1.53. The molecule has 7 heteroatoms. The fourth-order valence-corrected chi connectivity index (χ4v) is 3.04. The van der Waals surface area contributed by atoms with Crippen LogP contribution in [0.25, 0.3) is 0 Å². The number of thioether (sulfide) groups is 1. The van der Waals surface area contributed by atoms with E-state index in [1.807, 2.05) is 6.26 Å². The van der Waals surface area contributed by atoms with Gasteiger partial charge >= 0.3 is 5.97 Å². The van der Waals surface area contributed by atoms with Gasteiger partial charge in [0.25, 0.3) is 0 Å². The molecule has 0 aromatic heterocycles. The Morgan fingerprint density at radius 2 is 1.95 bits per heavy atom. The number of carbonyl (C=O) groups excluding carboxylic acids is 1. The monoisotopic (exact) mass is 317 g/mol. The van der Waals surface area contributed by atoms with E-state index in [1.165, 1.54) is 19.2 Å². The van der Waals surface area contributed by atoms with Crippen LogP contribution in [0.3, 0.4) is 0 Å². The van der Waals surface area contributed by atoms with E-state index in [-0.39, 0.29) is 17.3 Å². The third-order valence-electron chi connectivity index (χ3n) is 2.63.